The average molecular weight is 435 g/mol. The number of aromatic nitrogens is 1. The summed E-state index contributed by atoms with van der Waals surface area (Å²) in [4.78, 5) is 21.6. The first-order valence-electron chi connectivity index (χ1n) is 12.2. The third kappa shape index (κ3) is 4.26. The lowest BCUT2D eigenvalue weighted by atomic mass is 9.74. The van der Waals surface area contributed by atoms with E-state index >= 15 is 0 Å². The summed E-state index contributed by atoms with van der Waals surface area (Å²) in [6.07, 6.45) is 10.4. The van der Waals surface area contributed by atoms with E-state index in [-0.39, 0.29) is 30.6 Å². The van der Waals surface area contributed by atoms with E-state index in [2.05, 4.69) is 39.5 Å². The number of nitrogens with zero attached hydrogens (tertiary/aromatic N) is 3. The van der Waals surface area contributed by atoms with Gasteiger partial charge in [-0.1, -0.05) is 37.1 Å². The summed E-state index contributed by atoms with van der Waals surface area (Å²) >= 11 is 0. The summed E-state index contributed by atoms with van der Waals surface area (Å²) < 4.78 is 0. The third-order valence-corrected chi connectivity index (χ3v) is 7.65. The second kappa shape index (κ2) is 9.59. The molecule has 2 saturated heterocycles. The smallest absolute Gasteiger partial charge is 0.317 e. The topological polar surface area (TPSA) is 68.7 Å². The molecule has 2 aromatic rings. The van der Waals surface area contributed by atoms with E-state index in [4.69, 9.17) is 0 Å². The molecule has 170 valence electrons. The molecule has 3 atom stereocenters. The van der Waals surface area contributed by atoms with Crippen molar-refractivity contribution in [3.8, 4) is 11.1 Å². The zero-order valence-corrected chi connectivity index (χ0v) is 18.7. The molecule has 3 aliphatic rings. The van der Waals surface area contributed by atoms with Crippen molar-refractivity contribution >= 4 is 6.03 Å². The second-order valence-corrected chi connectivity index (χ2v) is 9.52. The van der Waals surface area contributed by atoms with Gasteiger partial charge in [-0.05, 0) is 61.1 Å². The van der Waals surface area contributed by atoms with Gasteiger partial charge in [-0.25, -0.2) is 4.79 Å². The fourth-order valence-corrected chi connectivity index (χ4v) is 5.90. The van der Waals surface area contributed by atoms with Crippen LogP contribution in [0, 0.1) is 0 Å². The second-order valence-electron chi connectivity index (χ2n) is 9.52. The SMILES string of the molecule is O=C(NC1CCCC1)N1CCCCN2[C@H](C1)[C@H](c1ccc(-c3ccncc3)cc1)[C@@H]2CO. The van der Waals surface area contributed by atoms with Gasteiger partial charge in [-0.3, -0.25) is 9.88 Å². The van der Waals surface area contributed by atoms with Gasteiger partial charge < -0.3 is 15.3 Å². The fraction of sp³-hybridized carbons (Fsp3) is 0.538. The number of fused-ring (bicyclic) bond motifs is 1. The number of urea groups is 1. The number of hydrogen-bond donors (Lipinski definition) is 2. The van der Waals surface area contributed by atoms with Gasteiger partial charge >= 0.3 is 6.03 Å². The average Bonchev–Trinajstić information content (AvgIpc) is 3.32. The maximum atomic E-state index is 13.0. The molecule has 32 heavy (non-hydrogen) atoms. The van der Waals surface area contributed by atoms with Crippen molar-refractivity contribution in [2.45, 2.75) is 62.6 Å². The molecule has 1 aromatic carbocycles. The normalized spacial score (nSPS) is 26.7. The third-order valence-electron chi connectivity index (χ3n) is 7.65. The maximum Gasteiger partial charge on any atom is 0.317 e. The summed E-state index contributed by atoms with van der Waals surface area (Å²) in [7, 11) is 0. The Morgan fingerprint density at radius 1 is 0.969 bits per heavy atom. The zero-order valence-electron chi connectivity index (χ0n) is 18.7. The minimum absolute atomic E-state index is 0.0954. The molecule has 0 radical (unpaired) electrons. The molecule has 1 aromatic heterocycles. The molecule has 6 nitrogen and oxygen atoms in total. The Labute approximate surface area is 190 Å². The maximum absolute atomic E-state index is 13.0. The van der Waals surface area contributed by atoms with Crippen LogP contribution < -0.4 is 5.32 Å². The van der Waals surface area contributed by atoms with E-state index in [0.717, 1.165) is 50.9 Å². The van der Waals surface area contributed by atoms with E-state index in [0.29, 0.717) is 6.04 Å². The highest BCUT2D eigenvalue weighted by atomic mass is 16.3. The number of aliphatic hydroxyl groups is 1. The summed E-state index contributed by atoms with van der Waals surface area (Å²) in [5, 5.41) is 13.5. The van der Waals surface area contributed by atoms with Gasteiger partial charge in [-0.15, -0.1) is 0 Å². The van der Waals surface area contributed by atoms with Crippen LogP contribution in [0.4, 0.5) is 4.79 Å². The minimum atomic E-state index is 0.0954. The van der Waals surface area contributed by atoms with Crippen LogP contribution in [0.1, 0.15) is 50.0 Å². The molecule has 0 spiro atoms. The van der Waals surface area contributed by atoms with Gasteiger partial charge in [0.05, 0.1) is 6.61 Å². The van der Waals surface area contributed by atoms with Gasteiger partial charge in [0.15, 0.2) is 0 Å². The van der Waals surface area contributed by atoms with E-state index in [9.17, 15) is 9.90 Å². The predicted octanol–water partition coefficient (Wildman–Crippen LogP) is 3.63. The van der Waals surface area contributed by atoms with Crippen molar-refractivity contribution < 1.29 is 9.90 Å². The molecule has 3 fully saturated rings. The number of rotatable bonds is 4. The van der Waals surface area contributed by atoms with Gasteiger partial charge in [0.1, 0.15) is 0 Å². The van der Waals surface area contributed by atoms with Crippen LogP contribution in [0.15, 0.2) is 48.8 Å². The van der Waals surface area contributed by atoms with Crippen LogP contribution in [-0.4, -0.2) is 70.3 Å². The van der Waals surface area contributed by atoms with Crippen molar-refractivity contribution in [3.05, 3.63) is 54.4 Å². The Morgan fingerprint density at radius 3 is 2.38 bits per heavy atom. The molecule has 1 aliphatic carbocycles. The Kier molecular flexibility index (Phi) is 6.42. The number of nitrogens with one attached hydrogen (secondary N) is 1. The van der Waals surface area contributed by atoms with Crippen LogP contribution in [-0.2, 0) is 0 Å². The minimum Gasteiger partial charge on any atom is -0.395 e. The molecule has 2 amide bonds. The number of carbonyl (C=O) groups is 1. The number of pyridine rings is 1. The molecule has 0 unspecified atom stereocenters. The van der Waals surface area contributed by atoms with Crippen molar-refractivity contribution in [2.75, 3.05) is 26.2 Å². The van der Waals surface area contributed by atoms with E-state index < -0.39 is 0 Å². The Balaban J connectivity index is 1.33. The molecular formula is C26H34N4O2. The van der Waals surface area contributed by atoms with Crippen molar-refractivity contribution in [2.24, 2.45) is 0 Å². The van der Waals surface area contributed by atoms with Crippen molar-refractivity contribution in [1.82, 2.24) is 20.1 Å². The first kappa shape index (κ1) is 21.4. The Bertz CT molecular complexity index is 898. The van der Waals surface area contributed by atoms with Gasteiger partial charge in [0, 0.05) is 49.5 Å². The summed E-state index contributed by atoms with van der Waals surface area (Å²) in [5.74, 6) is 0.242. The molecule has 2 aliphatic heterocycles. The van der Waals surface area contributed by atoms with Gasteiger partial charge in [0.25, 0.3) is 0 Å². The molecule has 0 bridgehead atoms. The summed E-state index contributed by atoms with van der Waals surface area (Å²) in [6, 6.07) is 13.6. The highest BCUT2D eigenvalue weighted by Crippen LogP contribution is 2.42. The zero-order chi connectivity index (χ0) is 21.9. The Morgan fingerprint density at radius 2 is 1.66 bits per heavy atom. The number of aliphatic hydroxyl groups excluding tert-OH is 1. The molecular weight excluding hydrogens is 400 g/mol. The van der Waals surface area contributed by atoms with Gasteiger partial charge in [0.2, 0.25) is 0 Å². The molecule has 6 heteroatoms. The van der Waals surface area contributed by atoms with E-state index in [1.54, 1.807) is 0 Å². The van der Waals surface area contributed by atoms with Crippen LogP contribution in [0.25, 0.3) is 11.1 Å². The standard InChI is InChI=1S/C26H34N4O2/c31-18-24-25(21-9-7-19(8-10-21)20-11-13-27-14-12-20)23-17-29(15-3-4-16-30(23)24)26(32)28-22-5-1-2-6-22/h7-14,22-25,31H,1-6,15-18H2,(H,28,32)/t23-,24+,25+/m1/s1. The number of benzene rings is 1. The molecule has 1 saturated carbocycles. The summed E-state index contributed by atoms with van der Waals surface area (Å²) in [5.41, 5.74) is 3.57. The predicted molar refractivity (Wildman–Crippen MR) is 125 cm³/mol. The lowest BCUT2D eigenvalue weighted by Crippen LogP contribution is -2.68. The quantitative estimate of drug-likeness (QED) is 0.771. The van der Waals surface area contributed by atoms with E-state index in [1.165, 1.54) is 24.0 Å². The first-order chi connectivity index (χ1) is 15.7. The largest absolute Gasteiger partial charge is 0.395 e. The Hall–Kier alpha value is -2.44. The number of carbonyl (C=O) groups excluding carboxylic acids is 1. The molecule has 3 heterocycles. The number of amides is 2. The van der Waals surface area contributed by atoms with Crippen molar-refractivity contribution in [3.63, 3.8) is 0 Å². The highest BCUT2D eigenvalue weighted by molar-refractivity contribution is 5.74. The van der Waals surface area contributed by atoms with Crippen LogP contribution in [0.5, 0.6) is 0 Å². The highest BCUT2D eigenvalue weighted by Gasteiger charge is 2.49. The van der Waals surface area contributed by atoms with Crippen LogP contribution >= 0.6 is 0 Å². The number of hydrogen-bond acceptors (Lipinski definition) is 4. The first-order valence-corrected chi connectivity index (χ1v) is 12.2. The van der Waals surface area contributed by atoms with E-state index in [1.807, 2.05) is 29.4 Å². The van der Waals surface area contributed by atoms with Crippen LogP contribution in [0.2, 0.25) is 0 Å². The van der Waals surface area contributed by atoms with Gasteiger partial charge in [-0.2, -0.15) is 0 Å². The lowest BCUT2D eigenvalue weighted by molar-refractivity contribution is -0.0591. The van der Waals surface area contributed by atoms with Crippen LogP contribution in [0.3, 0.4) is 0 Å². The van der Waals surface area contributed by atoms with Crippen molar-refractivity contribution in [1.29, 1.82) is 0 Å². The fourth-order valence-electron chi connectivity index (χ4n) is 5.90. The monoisotopic (exact) mass is 434 g/mol. The lowest BCUT2D eigenvalue weighted by Gasteiger charge is -2.57. The molecule has 5 rings (SSSR count). The summed E-state index contributed by atoms with van der Waals surface area (Å²) in [6.45, 7) is 2.70. The molecule has 2 N–H and O–H groups in total.